The maximum Gasteiger partial charge on any atom is 0.0343 e. The molecule has 0 atom stereocenters. The van der Waals surface area contributed by atoms with Crippen LogP contribution in [0.3, 0.4) is 0 Å². The van der Waals surface area contributed by atoms with Crippen LogP contribution in [0.4, 0.5) is 5.69 Å². The molecule has 1 aromatic carbocycles. The Bertz CT molecular complexity index is 315. The minimum absolute atomic E-state index is 0.711. The molecule has 0 aromatic heterocycles. The highest BCUT2D eigenvalue weighted by Gasteiger charge is 2.10. The van der Waals surface area contributed by atoms with Gasteiger partial charge in [-0.3, -0.25) is 0 Å². The Morgan fingerprint density at radius 3 is 2.79 bits per heavy atom. The summed E-state index contributed by atoms with van der Waals surface area (Å²) in [4.78, 5) is 0. The normalized spacial score (nSPS) is 14.5. The lowest BCUT2D eigenvalue weighted by Gasteiger charge is -2.10. The number of benzene rings is 1. The van der Waals surface area contributed by atoms with Crippen molar-refractivity contribution in [3.8, 4) is 0 Å². The summed E-state index contributed by atoms with van der Waals surface area (Å²) in [6.07, 6.45) is 3.88. The van der Waals surface area contributed by atoms with Crippen molar-refractivity contribution in [1.82, 2.24) is 0 Å². The van der Waals surface area contributed by atoms with E-state index in [1.165, 1.54) is 24.9 Å². The minimum atomic E-state index is 0.711. The Hall–Kier alpha value is -0.980. The number of hydrogen-bond donors (Lipinski definition) is 1. The number of fused-ring (bicyclic) bond motifs is 1. The van der Waals surface area contributed by atoms with E-state index in [9.17, 15) is 0 Å². The monoisotopic (exact) mass is 189 g/mol. The summed E-state index contributed by atoms with van der Waals surface area (Å²) in [7, 11) is 0. The Balaban J connectivity index is 2.05. The first-order chi connectivity index (χ1) is 6.75. The predicted octanol–water partition coefficient (Wildman–Crippen LogP) is 3.24. The molecule has 1 nitrogen and oxygen atoms in total. The topological polar surface area (TPSA) is 12.0 Å². The molecule has 76 valence electrons. The molecule has 0 fully saturated rings. The quantitative estimate of drug-likeness (QED) is 0.769. The smallest absolute Gasteiger partial charge is 0.0343 e. The van der Waals surface area contributed by atoms with Gasteiger partial charge in [-0.25, -0.2) is 0 Å². The number of anilines is 1. The molecule has 0 saturated heterocycles. The van der Waals surface area contributed by atoms with Crippen molar-refractivity contribution in [2.75, 3.05) is 11.9 Å². The van der Waals surface area contributed by atoms with Gasteiger partial charge < -0.3 is 5.32 Å². The fraction of sp³-hybridized carbons (Fsp3) is 0.538. The number of aryl methyl sites for hydroxylation is 2. The van der Waals surface area contributed by atoms with Crippen LogP contribution in [0.25, 0.3) is 0 Å². The van der Waals surface area contributed by atoms with Gasteiger partial charge in [-0.05, 0) is 48.4 Å². The second kappa shape index (κ2) is 4.04. The molecule has 14 heavy (non-hydrogen) atoms. The first-order valence-corrected chi connectivity index (χ1v) is 5.61. The molecule has 1 N–H and O–H groups in total. The molecule has 1 heteroatoms. The zero-order valence-electron chi connectivity index (χ0n) is 9.14. The molecule has 1 aliphatic carbocycles. The van der Waals surface area contributed by atoms with Crippen LogP contribution in [0.5, 0.6) is 0 Å². The van der Waals surface area contributed by atoms with Crippen LogP contribution in [-0.2, 0) is 12.8 Å². The summed E-state index contributed by atoms with van der Waals surface area (Å²) in [5.74, 6) is 0.711. The maximum absolute atomic E-state index is 3.47. The summed E-state index contributed by atoms with van der Waals surface area (Å²) in [5, 5.41) is 3.47. The number of rotatable bonds is 3. The van der Waals surface area contributed by atoms with E-state index in [0.29, 0.717) is 5.92 Å². The van der Waals surface area contributed by atoms with E-state index in [4.69, 9.17) is 0 Å². The van der Waals surface area contributed by atoms with Crippen molar-refractivity contribution in [1.29, 1.82) is 0 Å². The van der Waals surface area contributed by atoms with Crippen LogP contribution >= 0.6 is 0 Å². The summed E-state index contributed by atoms with van der Waals surface area (Å²) < 4.78 is 0. The summed E-state index contributed by atoms with van der Waals surface area (Å²) >= 11 is 0. The Morgan fingerprint density at radius 1 is 1.21 bits per heavy atom. The average Bonchev–Trinajstić information content (AvgIpc) is 2.61. The average molecular weight is 189 g/mol. The lowest BCUT2D eigenvalue weighted by atomic mass is 10.1. The van der Waals surface area contributed by atoms with Gasteiger partial charge in [0.25, 0.3) is 0 Å². The molecule has 0 bridgehead atoms. The third kappa shape index (κ3) is 2.09. The van der Waals surface area contributed by atoms with Crippen LogP contribution in [0.1, 0.15) is 31.4 Å². The van der Waals surface area contributed by atoms with Crippen LogP contribution < -0.4 is 5.32 Å². The predicted molar refractivity (Wildman–Crippen MR) is 61.8 cm³/mol. The molecule has 0 radical (unpaired) electrons. The molecule has 0 unspecified atom stereocenters. The SMILES string of the molecule is CC(C)CNc1ccc2c(c1)CCC2. The Kier molecular flexibility index (Phi) is 2.76. The molecule has 1 aliphatic rings. The van der Waals surface area contributed by atoms with Gasteiger partial charge in [0.05, 0.1) is 0 Å². The summed E-state index contributed by atoms with van der Waals surface area (Å²) in [5.41, 5.74) is 4.40. The second-order valence-electron chi connectivity index (χ2n) is 4.61. The maximum atomic E-state index is 3.47. The van der Waals surface area contributed by atoms with E-state index in [1.807, 2.05) is 0 Å². The summed E-state index contributed by atoms with van der Waals surface area (Å²) in [6.45, 7) is 5.54. The zero-order valence-corrected chi connectivity index (χ0v) is 9.14. The Labute approximate surface area is 86.5 Å². The van der Waals surface area contributed by atoms with Crippen molar-refractivity contribution < 1.29 is 0 Å². The first-order valence-electron chi connectivity index (χ1n) is 5.61. The first kappa shape index (κ1) is 9.57. The lowest BCUT2D eigenvalue weighted by Crippen LogP contribution is -2.07. The highest BCUT2D eigenvalue weighted by Crippen LogP contribution is 2.24. The van der Waals surface area contributed by atoms with Gasteiger partial charge in [0.15, 0.2) is 0 Å². The standard InChI is InChI=1S/C13H19N/c1-10(2)9-14-13-7-6-11-4-3-5-12(11)8-13/h6-8,10,14H,3-5,9H2,1-2H3. The van der Waals surface area contributed by atoms with Gasteiger partial charge in [-0.2, -0.15) is 0 Å². The van der Waals surface area contributed by atoms with Gasteiger partial charge in [0.2, 0.25) is 0 Å². The van der Waals surface area contributed by atoms with E-state index in [2.05, 4.69) is 37.4 Å². The molecule has 0 saturated carbocycles. The highest BCUT2D eigenvalue weighted by atomic mass is 14.9. The van der Waals surface area contributed by atoms with Gasteiger partial charge in [0.1, 0.15) is 0 Å². The second-order valence-corrected chi connectivity index (χ2v) is 4.61. The van der Waals surface area contributed by atoms with Crippen LogP contribution in [0, 0.1) is 5.92 Å². The highest BCUT2D eigenvalue weighted by molar-refractivity contribution is 5.50. The molecule has 0 aliphatic heterocycles. The van der Waals surface area contributed by atoms with Crippen molar-refractivity contribution in [2.45, 2.75) is 33.1 Å². The van der Waals surface area contributed by atoms with Crippen LogP contribution in [-0.4, -0.2) is 6.54 Å². The van der Waals surface area contributed by atoms with E-state index < -0.39 is 0 Å². The Morgan fingerprint density at radius 2 is 2.00 bits per heavy atom. The zero-order chi connectivity index (χ0) is 9.97. The molecule has 0 spiro atoms. The largest absolute Gasteiger partial charge is 0.385 e. The van der Waals surface area contributed by atoms with E-state index in [1.54, 1.807) is 11.1 Å². The third-order valence-electron chi connectivity index (χ3n) is 2.81. The molecular formula is C13H19N. The van der Waals surface area contributed by atoms with Crippen molar-refractivity contribution >= 4 is 5.69 Å². The van der Waals surface area contributed by atoms with Gasteiger partial charge in [0, 0.05) is 12.2 Å². The van der Waals surface area contributed by atoms with Crippen LogP contribution in [0.2, 0.25) is 0 Å². The van der Waals surface area contributed by atoms with Crippen molar-refractivity contribution in [2.24, 2.45) is 5.92 Å². The van der Waals surface area contributed by atoms with Gasteiger partial charge in [-0.15, -0.1) is 0 Å². The third-order valence-corrected chi connectivity index (χ3v) is 2.81. The lowest BCUT2D eigenvalue weighted by molar-refractivity contribution is 0.689. The van der Waals surface area contributed by atoms with Crippen molar-refractivity contribution in [3.05, 3.63) is 29.3 Å². The van der Waals surface area contributed by atoms with Gasteiger partial charge >= 0.3 is 0 Å². The molecular weight excluding hydrogens is 170 g/mol. The molecule has 0 amide bonds. The molecule has 2 rings (SSSR count). The minimum Gasteiger partial charge on any atom is -0.385 e. The van der Waals surface area contributed by atoms with E-state index in [0.717, 1.165) is 6.54 Å². The van der Waals surface area contributed by atoms with E-state index in [-0.39, 0.29) is 0 Å². The van der Waals surface area contributed by atoms with E-state index >= 15 is 0 Å². The number of hydrogen-bond acceptors (Lipinski definition) is 1. The van der Waals surface area contributed by atoms with Gasteiger partial charge in [-0.1, -0.05) is 19.9 Å². The fourth-order valence-electron chi connectivity index (χ4n) is 2.00. The molecule has 1 aromatic rings. The molecule has 0 heterocycles. The van der Waals surface area contributed by atoms with Crippen molar-refractivity contribution in [3.63, 3.8) is 0 Å². The number of nitrogens with one attached hydrogen (secondary N) is 1. The fourth-order valence-corrected chi connectivity index (χ4v) is 2.00. The van der Waals surface area contributed by atoms with Crippen LogP contribution in [0.15, 0.2) is 18.2 Å². The summed E-state index contributed by atoms with van der Waals surface area (Å²) in [6, 6.07) is 6.82.